The van der Waals surface area contributed by atoms with Crippen molar-refractivity contribution in [1.29, 1.82) is 0 Å². The monoisotopic (exact) mass is 486 g/mol. The molecular formula is C31H38N2OS. The summed E-state index contributed by atoms with van der Waals surface area (Å²) in [4.78, 5) is 13.5. The molecule has 0 spiro atoms. The molecule has 1 aliphatic carbocycles. The molecule has 4 rings (SSSR count). The van der Waals surface area contributed by atoms with E-state index >= 15 is 0 Å². The number of allylic oxidation sites excluding steroid dienone is 4. The molecule has 3 nitrogen and oxygen atoms in total. The zero-order chi connectivity index (χ0) is 23.8. The van der Waals surface area contributed by atoms with Crippen LogP contribution in [0.5, 0.6) is 0 Å². The van der Waals surface area contributed by atoms with E-state index in [2.05, 4.69) is 71.6 Å². The van der Waals surface area contributed by atoms with Crippen LogP contribution in [0, 0.1) is 6.92 Å². The lowest BCUT2D eigenvalue weighted by molar-refractivity contribution is -0.121. The van der Waals surface area contributed by atoms with Crippen LogP contribution in [0.2, 0.25) is 0 Å². The van der Waals surface area contributed by atoms with E-state index < -0.39 is 0 Å². The third kappa shape index (κ3) is 11.3. The van der Waals surface area contributed by atoms with E-state index in [1.54, 1.807) is 11.9 Å². The molecule has 2 N–H and O–H groups in total. The zero-order valence-corrected chi connectivity index (χ0v) is 20.6. The smallest absolute Gasteiger partial charge is 0.220 e. The van der Waals surface area contributed by atoms with Crippen LogP contribution >= 0.6 is 11.9 Å². The number of rotatable bonds is 9. The van der Waals surface area contributed by atoms with Crippen molar-refractivity contribution in [2.24, 2.45) is 0 Å². The molecule has 0 aliphatic heterocycles. The number of amides is 1. The molecule has 0 bridgehead atoms. The summed E-state index contributed by atoms with van der Waals surface area (Å²) >= 11 is 1.60. The van der Waals surface area contributed by atoms with Crippen LogP contribution in [0.3, 0.4) is 0 Å². The summed E-state index contributed by atoms with van der Waals surface area (Å²) in [5.74, 6) is 0.110. The van der Waals surface area contributed by atoms with Gasteiger partial charge in [-0.25, -0.2) is 0 Å². The average Bonchev–Trinajstić information content (AvgIpc) is 2.91. The molecule has 3 aromatic rings. The molecule has 0 radical (unpaired) electrons. The predicted molar refractivity (Wildman–Crippen MR) is 151 cm³/mol. The maximum Gasteiger partial charge on any atom is 0.220 e. The second-order valence-electron chi connectivity index (χ2n) is 8.23. The van der Waals surface area contributed by atoms with E-state index in [1.165, 1.54) is 16.7 Å². The van der Waals surface area contributed by atoms with Gasteiger partial charge in [-0.1, -0.05) is 116 Å². The summed E-state index contributed by atoms with van der Waals surface area (Å²) in [5.41, 5.74) is 3.78. The summed E-state index contributed by atoms with van der Waals surface area (Å²) in [6.07, 6.45) is 9.96. The van der Waals surface area contributed by atoms with Crippen molar-refractivity contribution in [3.05, 3.63) is 126 Å². The Bertz CT molecular complexity index is 1000. The normalized spacial score (nSPS) is 12.9. The second-order valence-corrected chi connectivity index (χ2v) is 9.14. The van der Waals surface area contributed by atoms with Crippen molar-refractivity contribution in [2.45, 2.75) is 51.0 Å². The number of hydrogen-bond acceptors (Lipinski definition) is 3. The highest BCUT2D eigenvalue weighted by Gasteiger charge is 2.13. The van der Waals surface area contributed by atoms with Gasteiger partial charge in [-0.3, -0.25) is 9.52 Å². The lowest BCUT2D eigenvalue weighted by Gasteiger charge is -2.19. The molecule has 3 aromatic carbocycles. The first-order chi connectivity index (χ1) is 16.7. The van der Waals surface area contributed by atoms with E-state index in [0.717, 1.165) is 24.2 Å². The van der Waals surface area contributed by atoms with Gasteiger partial charge in [-0.15, -0.1) is 0 Å². The molecular weight excluding hydrogens is 448 g/mol. The Balaban J connectivity index is 0.000000539. The minimum Gasteiger partial charge on any atom is -0.354 e. The number of benzene rings is 3. The quantitative estimate of drug-likeness (QED) is 0.239. The minimum absolute atomic E-state index is 0. The first kappa shape index (κ1) is 28.2. The summed E-state index contributed by atoms with van der Waals surface area (Å²) in [7, 11) is 0. The van der Waals surface area contributed by atoms with Gasteiger partial charge < -0.3 is 5.32 Å². The lowest BCUT2D eigenvalue weighted by atomic mass is 10.0. The van der Waals surface area contributed by atoms with Gasteiger partial charge in [0.15, 0.2) is 0 Å². The number of carbonyl (C=O) groups is 1. The maximum absolute atomic E-state index is 12.3. The van der Waals surface area contributed by atoms with Crippen molar-refractivity contribution in [3.8, 4) is 0 Å². The molecule has 0 heterocycles. The van der Waals surface area contributed by atoms with Gasteiger partial charge in [-0.05, 0) is 55.8 Å². The standard InChI is InChI=1S/C24H28N2OS.C6H6.CH4/c1-19-12-15-22(16-13-19)28-26-23(21-10-6-3-7-11-21)18-25-24(27)17-14-20-8-4-2-5-9-20;1-2-4-6-5-3-1;/h2-4,6-7,9-13,15-16,23,26H,5,8,14,17-18H2,1H3,(H,25,27);1-6H;1H4. The molecule has 0 saturated heterocycles. The van der Waals surface area contributed by atoms with Crippen molar-refractivity contribution in [2.75, 3.05) is 6.54 Å². The average molecular weight is 487 g/mol. The van der Waals surface area contributed by atoms with Gasteiger partial charge in [0.2, 0.25) is 5.91 Å². The van der Waals surface area contributed by atoms with Crippen molar-refractivity contribution < 1.29 is 4.79 Å². The van der Waals surface area contributed by atoms with Gasteiger partial charge in [0, 0.05) is 17.9 Å². The second kappa shape index (κ2) is 16.5. The topological polar surface area (TPSA) is 41.1 Å². The van der Waals surface area contributed by atoms with Crippen LogP contribution in [0.1, 0.15) is 50.3 Å². The van der Waals surface area contributed by atoms with E-state index in [4.69, 9.17) is 0 Å². The van der Waals surface area contributed by atoms with Gasteiger partial charge in [0.25, 0.3) is 0 Å². The molecule has 184 valence electrons. The number of hydrogen-bond donors (Lipinski definition) is 2. The molecule has 1 aliphatic rings. The van der Waals surface area contributed by atoms with Crippen LogP contribution in [-0.4, -0.2) is 12.5 Å². The Labute approximate surface area is 215 Å². The van der Waals surface area contributed by atoms with Crippen LogP contribution in [0.25, 0.3) is 0 Å². The Kier molecular flexibility index (Phi) is 13.3. The fourth-order valence-electron chi connectivity index (χ4n) is 3.47. The number of aryl methyl sites for hydroxylation is 1. The van der Waals surface area contributed by atoms with Crippen molar-refractivity contribution >= 4 is 17.9 Å². The first-order valence-electron chi connectivity index (χ1n) is 11.8. The van der Waals surface area contributed by atoms with Crippen molar-refractivity contribution in [3.63, 3.8) is 0 Å². The molecule has 0 aromatic heterocycles. The van der Waals surface area contributed by atoms with E-state index in [0.29, 0.717) is 13.0 Å². The lowest BCUT2D eigenvalue weighted by Crippen LogP contribution is -2.32. The SMILES string of the molecule is C.Cc1ccc(SNC(CNC(=O)CCC2=CCC=CC2)c2ccccc2)cc1.c1ccccc1. The highest BCUT2D eigenvalue weighted by Crippen LogP contribution is 2.21. The zero-order valence-electron chi connectivity index (χ0n) is 19.8. The molecule has 0 fully saturated rings. The molecule has 35 heavy (non-hydrogen) atoms. The number of carbonyl (C=O) groups excluding carboxylic acids is 1. The highest BCUT2D eigenvalue weighted by molar-refractivity contribution is 7.97. The molecule has 4 heteroatoms. The van der Waals surface area contributed by atoms with Gasteiger partial charge in [0.1, 0.15) is 0 Å². The summed E-state index contributed by atoms with van der Waals surface area (Å²) in [6, 6.07) is 30.8. The van der Waals surface area contributed by atoms with Gasteiger partial charge >= 0.3 is 0 Å². The summed E-state index contributed by atoms with van der Waals surface area (Å²) in [6.45, 7) is 2.66. The maximum atomic E-state index is 12.3. The molecule has 0 saturated carbocycles. The predicted octanol–water partition coefficient (Wildman–Crippen LogP) is 7.83. The van der Waals surface area contributed by atoms with E-state index in [1.807, 2.05) is 54.6 Å². The van der Waals surface area contributed by atoms with Crippen LogP contribution < -0.4 is 10.0 Å². The van der Waals surface area contributed by atoms with Gasteiger partial charge in [0.05, 0.1) is 6.04 Å². The fraction of sp³-hybridized carbons (Fsp3) is 0.258. The Morgan fingerprint density at radius 1 is 0.886 bits per heavy atom. The Morgan fingerprint density at radius 2 is 1.51 bits per heavy atom. The highest BCUT2D eigenvalue weighted by atomic mass is 32.2. The molecule has 1 unspecified atom stereocenters. The first-order valence-corrected chi connectivity index (χ1v) is 12.7. The molecule has 1 atom stereocenters. The summed E-state index contributed by atoms with van der Waals surface area (Å²) < 4.78 is 3.51. The Hall–Kier alpha value is -3.08. The number of nitrogens with one attached hydrogen (secondary N) is 2. The fourth-order valence-corrected chi connectivity index (χ4v) is 4.24. The Morgan fingerprint density at radius 3 is 2.11 bits per heavy atom. The van der Waals surface area contributed by atoms with Crippen LogP contribution in [-0.2, 0) is 4.79 Å². The molecule has 1 amide bonds. The van der Waals surface area contributed by atoms with Gasteiger partial charge in [-0.2, -0.15) is 0 Å². The van der Waals surface area contributed by atoms with E-state index in [9.17, 15) is 4.79 Å². The van der Waals surface area contributed by atoms with E-state index in [-0.39, 0.29) is 19.4 Å². The third-order valence-corrected chi connectivity index (χ3v) is 6.38. The van der Waals surface area contributed by atoms with Crippen LogP contribution in [0.15, 0.2) is 120 Å². The largest absolute Gasteiger partial charge is 0.354 e. The third-order valence-electron chi connectivity index (χ3n) is 5.47. The minimum atomic E-state index is 0. The summed E-state index contributed by atoms with van der Waals surface area (Å²) in [5, 5.41) is 3.11. The van der Waals surface area contributed by atoms with Crippen molar-refractivity contribution in [1.82, 2.24) is 10.0 Å². The van der Waals surface area contributed by atoms with Crippen LogP contribution in [0.4, 0.5) is 0 Å².